The molecular weight excluding hydrogens is 200 g/mol. The van der Waals surface area contributed by atoms with E-state index < -0.39 is 18.6 Å². The quantitative estimate of drug-likeness (QED) is 0.752. The molecule has 0 spiro atoms. The maximum atomic E-state index is 13.4. The highest BCUT2D eigenvalue weighted by molar-refractivity contribution is 5.15. The standard InChI is InChI=1S/C11H13F2NO/c12-9-7-14(11(13)10(9)15)6-8-4-2-1-3-5-8/h1-5,9-11,15H,6-7H2. The van der Waals surface area contributed by atoms with Gasteiger partial charge in [0.05, 0.1) is 0 Å². The number of halogens is 2. The molecule has 1 fully saturated rings. The van der Waals surface area contributed by atoms with Crippen LogP contribution in [-0.2, 0) is 6.54 Å². The first-order chi connectivity index (χ1) is 7.18. The first-order valence-electron chi connectivity index (χ1n) is 4.92. The molecule has 3 atom stereocenters. The molecule has 0 bridgehead atoms. The van der Waals surface area contributed by atoms with Gasteiger partial charge in [0, 0.05) is 13.1 Å². The van der Waals surface area contributed by atoms with Crippen LogP contribution in [0.3, 0.4) is 0 Å². The SMILES string of the molecule is OC1C(F)CN(Cc2ccccc2)C1F. The molecule has 1 aromatic carbocycles. The molecule has 3 unspecified atom stereocenters. The number of aliphatic hydroxyl groups excluding tert-OH is 1. The first kappa shape index (κ1) is 10.5. The van der Waals surface area contributed by atoms with Crippen molar-refractivity contribution < 1.29 is 13.9 Å². The molecule has 1 heterocycles. The predicted molar refractivity (Wildman–Crippen MR) is 52.7 cm³/mol. The molecule has 2 nitrogen and oxygen atoms in total. The lowest BCUT2D eigenvalue weighted by Gasteiger charge is -2.18. The second-order valence-electron chi connectivity index (χ2n) is 3.79. The summed E-state index contributed by atoms with van der Waals surface area (Å²) >= 11 is 0. The number of benzene rings is 1. The molecule has 0 amide bonds. The summed E-state index contributed by atoms with van der Waals surface area (Å²) in [5, 5.41) is 9.12. The minimum atomic E-state index is -1.60. The van der Waals surface area contributed by atoms with Crippen LogP contribution >= 0.6 is 0 Å². The van der Waals surface area contributed by atoms with E-state index in [0.29, 0.717) is 6.54 Å². The zero-order valence-corrected chi connectivity index (χ0v) is 8.18. The van der Waals surface area contributed by atoms with Gasteiger partial charge in [-0.2, -0.15) is 0 Å². The van der Waals surface area contributed by atoms with Crippen LogP contribution in [0.15, 0.2) is 30.3 Å². The monoisotopic (exact) mass is 213 g/mol. The Hall–Kier alpha value is -1.00. The van der Waals surface area contributed by atoms with Crippen LogP contribution in [0.25, 0.3) is 0 Å². The van der Waals surface area contributed by atoms with Gasteiger partial charge >= 0.3 is 0 Å². The van der Waals surface area contributed by atoms with Crippen molar-refractivity contribution in [3.63, 3.8) is 0 Å². The average Bonchev–Trinajstić information content (AvgIpc) is 2.48. The number of nitrogens with zero attached hydrogens (tertiary/aromatic N) is 1. The Kier molecular flexibility index (Phi) is 2.98. The van der Waals surface area contributed by atoms with Crippen LogP contribution in [0.4, 0.5) is 8.78 Å². The molecule has 82 valence electrons. The van der Waals surface area contributed by atoms with Gasteiger partial charge in [0.25, 0.3) is 0 Å². The molecule has 0 aromatic heterocycles. The second kappa shape index (κ2) is 4.24. The summed E-state index contributed by atoms with van der Waals surface area (Å²) in [6, 6.07) is 9.27. The molecule has 1 aliphatic heterocycles. The van der Waals surface area contributed by atoms with Crippen LogP contribution in [0.2, 0.25) is 0 Å². The average molecular weight is 213 g/mol. The normalized spacial score (nSPS) is 32.1. The number of alkyl halides is 2. The fraction of sp³-hybridized carbons (Fsp3) is 0.455. The van der Waals surface area contributed by atoms with Gasteiger partial charge < -0.3 is 5.11 Å². The molecule has 15 heavy (non-hydrogen) atoms. The predicted octanol–water partition coefficient (Wildman–Crippen LogP) is 1.50. The largest absolute Gasteiger partial charge is 0.386 e. The summed E-state index contributed by atoms with van der Waals surface area (Å²) in [6.45, 7) is 0.288. The van der Waals surface area contributed by atoms with Crippen LogP contribution in [0.1, 0.15) is 5.56 Å². The van der Waals surface area contributed by atoms with Crippen LogP contribution < -0.4 is 0 Å². The van der Waals surface area contributed by atoms with Crippen molar-refractivity contribution in [2.24, 2.45) is 0 Å². The zero-order valence-electron chi connectivity index (χ0n) is 8.18. The van der Waals surface area contributed by atoms with Crippen molar-refractivity contribution in [2.75, 3.05) is 6.54 Å². The molecular formula is C11H13F2NO. The lowest BCUT2D eigenvalue weighted by molar-refractivity contribution is 0.00985. The molecule has 4 heteroatoms. The lowest BCUT2D eigenvalue weighted by Crippen LogP contribution is -2.31. The van der Waals surface area contributed by atoms with E-state index in [-0.39, 0.29) is 6.54 Å². The second-order valence-corrected chi connectivity index (χ2v) is 3.79. The van der Waals surface area contributed by atoms with Crippen LogP contribution in [0.5, 0.6) is 0 Å². The lowest BCUT2D eigenvalue weighted by atomic mass is 10.2. The summed E-state index contributed by atoms with van der Waals surface area (Å²) < 4.78 is 26.3. The summed E-state index contributed by atoms with van der Waals surface area (Å²) in [5.74, 6) is 0. The van der Waals surface area contributed by atoms with Gasteiger partial charge in [0.1, 0.15) is 12.3 Å². The summed E-state index contributed by atoms with van der Waals surface area (Å²) in [7, 11) is 0. The van der Waals surface area contributed by atoms with E-state index in [1.165, 1.54) is 4.90 Å². The number of aliphatic hydroxyl groups is 1. The minimum absolute atomic E-state index is 0.0444. The van der Waals surface area contributed by atoms with Crippen molar-refractivity contribution >= 4 is 0 Å². The van der Waals surface area contributed by atoms with Gasteiger partial charge in [-0.05, 0) is 5.56 Å². The Bertz CT molecular complexity index is 320. The van der Waals surface area contributed by atoms with E-state index in [9.17, 15) is 8.78 Å². The van der Waals surface area contributed by atoms with Crippen LogP contribution in [-0.4, -0.2) is 35.1 Å². The maximum absolute atomic E-state index is 13.4. The van der Waals surface area contributed by atoms with Crippen molar-refractivity contribution in [1.29, 1.82) is 0 Å². The maximum Gasteiger partial charge on any atom is 0.183 e. The zero-order chi connectivity index (χ0) is 10.8. The van der Waals surface area contributed by atoms with Gasteiger partial charge in [-0.1, -0.05) is 30.3 Å². The molecule has 1 aromatic rings. The van der Waals surface area contributed by atoms with Crippen molar-refractivity contribution in [2.45, 2.75) is 25.1 Å². The van der Waals surface area contributed by atoms with Gasteiger partial charge in [-0.3, -0.25) is 4.90 Å². The molecule has 0 aliphatic carbocycles. The number of hydrogen-bond donors (Lipinski definition) is 1. The number of rotatable bonds is 2. The van der Waals surface area contributed by atoms with E-state index in [1.54, 1.807) is 0 Å². The Morgan fingerprint density at radius 2 is 1.93 bits per heavy atom. The Morgan fingerprint density at radius 1 is 1.27 bits per heavy atom. The van der Waals surface area contributed by atoms with E-state index >= 15 is 0 Å². The van der Waals surface area contributed by atoms with E-state index in [2.05, 4.69) is 0 Å². The topological polar surface area (TPSA) is 23.5 Å². The summed E-state index contributed by atoms with van der Waals surface area (Å²) in [4.78, 5) is 1.31. The molecule has 2 rings (SSSR count). The van der Waals surface area contributed by atoms with Crippen molar-refractivity contribution in [3.8, 4) is 0 Å². The third-order valence-corrected chi connectivity index (χ3v) is 2.64. The Morgan fingerprint density at radius 3 is 2.47 bits per heavy atom. The Labute approximate surface area is 87.1 Å². The highest BCUT2D eigenvalue weighted by Gasteiger charge is 2.41. The highest BCUT2D eigenvalue weighted by atomic mass is 19.2. The molecule has 1 saturated heterocycles. The van der Waals surface area contributed by atoms with Gasteiger partial charge in [0.2, 0.25) is 0 Å². The molecule has 0 radical (unpaired) electrons. The van der Waals surface area contributed by atoms with Crippen LogP contribution in [0, 0.1) is 0 Å². The van der Waals surface area contributed by atoms with Gasteiger partial charge in [-0.15, -0.1) is 0 Å². The Balaban J connectivity index is 2.02. The smallest absolute Gasteiger partial charge is 0.183 e. The fourth-order valence-corrected chi connectivity index (χ4v) is 1.79. The third kappa shape index (κ3) is 2.16. The molecule has 1 aliphatic rings. The summed E-state index contributed by atoms with van der Waals surface area (Å²) in [6.07, 6.45) is -4.59. The highest BCUT2D eigenvalue weighted by Crippen LogP contribution is 2.23. The van der Waals surface area contributed by atoms with Crippen molar-refractivity contribution in [1.82, 2.24) is 4.90 Å². The number of hydrogen-bond acceptors (Lipinski definition) is 2. The van der Waals surface area contributed by atoms with Gasteiger partial charge in [0.15, 0.2) is 6.30 Å². The van der Waals surface area contributed by atoms with E-state index in [4.69, 9.17) is 5.11 Å². The van der Waals surface area contributed by atoms with Gasteiger partial charge in [-0.25, -0.2) is 8.78 Å². The molecule has 1 N–H and O–H groups in total. The van der Waals surface area contributed by atoms with E-state index in [1.807, 2.05) is 30.3 Å². The van der Waals surface area contributed by atoms with E-state index in [0.717, 1.165) is 5.56 Å². The first-order valence-corrected chi connectivity index (χ1v) is 4.92. The fourth-order valence-electron chi connectivity index (χ4n) is 1.79. The minimum Gasteiger partial charge on any atom is -0.386 e. The van der Waals surface area contributed by atoms with Crippen molar-refractivity contribution in [3.05, 3.63) is 35.9 Å². The number of likely N-dealkylation sites (tertiary alicyclic amines) is 1. The molecule has 0 saturated carbocycles. The third-order valence-electron chi connectivity index (χ3n) is 2.64. The summed E-state index contributed by atoms with van der Waals surface area (Å²) in [5.41, 5.74) is 0.918.